The predicted octanol–water partition coefficient (Wildman–Crippen LogP) is 4.06. The van der Waals surface area contributed by atoms with Gasteiger partial charge in [-0.15, -0.1) is 11.3 Å². The number of aromatic nitrogens is 1. The van der Waals surface area contributed by atoms with Crippen LogP contribution in [0.1, 0.15) is 17.3 Å². The molecule has 1 aromatic heterocycles. The van der Waals surface area contributed by atoms with Crippen molar-refractivity contribution in [2.45, 2.75) is 6.92 Å². The van der Waals surface area contributed by atoms with Crippen LogP contribution >= 0.6 is 11.3 Å². The molecule has 1 heterocycles. The number of nitrogens with zero attached hydrogens (tertiary/aromatic N) is 1. The Labute approximate surface area is 125 Å². The fourth-order valence-corrected chi connectivity index (χ4v) is 3.06. The maximum Gasteiger partial charge on any atom is 0.335 e. The Hall–Kier alpha value is -2.40. The van der Waals surface area contributed by atoms with Gasteiger partial charge >= 0.3 is 5.97 Å². The first kappa shape index (κ1) is 13.6. The van der Waals surface area contributed by atoms with Crippen molar-refractivity contribution >= 4 is 27.5 Å². The Balaban J connectivity index is 2.04. The number of carboxylic acids is 1. The molecule has 0 radical (unpaired) electrons. The fraction of sp³-hybridized carbons (Fsp3) is 0.125. The number of ether oxygens (including phenoxy) is 1. The second kappa shape index (κ2) is 5.54. The van der Waals surface area contributed by atoms with Crippen LogP contribution < -0.4 is 4.74 Å². The van der Waals surface area contributed by atoms with Gasteiger partial charge in [-0.3, -0.25) is 0 Å². The topological polar surface area (TPSA) is 59.4 Å². The highest BCUT2D eigenvalue weighted by molar-refractivity contribution is 7.21. The summed E-state index contributed by atoms with van der Waals surface area (Å²) in [5.74, 6) is -0.115. The number of aromatic carboxylic acids is 1. The summed E-state index contributed by atoms with van der Waals surface area (Å²) in [6.45, 7) is 2.57. The summed E-state index contributed by atoms with van der Waals surface area (Å²) in [5.41, 5.74) is 1.97. The molecule has 0 amide bonds. The molecule has 1 N–H and O–H groups in total. The third-order valence-corrected chi connectivity index (χ3v) is 4.09. The van der Waals surface area contributed by atoms with Gasteiger partial charge in [0.05, 0.1) is 22.4 Å². The Kier molecular flexibility index (Phi) is 3.58. The van der Waals surface area contributed by atoms with Crippen LogP contribution in [0.3, 0.4) is 0 Å². The number of hydrogen-bond acceptors (Lipinski definition) is 4. The minimum Gasteiger partial charge on any atom is -0.494 e. The molecule has 5 heteroatoms. The van der Waals surface area contributed by atoms with Crippen molar-refractivity contribution in [2.75, 3.05) is 6.61 Å². The highest BCUT2D eigenvalue weighted by atomic mass is 32.1. The van der Waals surface area contributed by atoms with Gasteiger partial charge in [0.2, 0.25) is 0 Å². The van der Waals surface area contributed by atoms with Crippen molar-refractivity contribution in [3.05, 3.63) is 48.0 Å². The first-order valence-corrected chi connectivity index (χ1v) is 7.36. The van der Waals surface area contributed by atoms with Crippen molar-refractivity contribution in [1.82, 2.24) is 4.98 Å². The van der Waals surface area contributed by atoms with Gasteiger partial charge in [0.1, 0.15) is 10.8 Å². The molecule has 3 aromatic rings. The third-order valence-electron chi connectivity index (χ3n) is 3.03. The van der Waals surface area contributed by atoms with Gasteiger partial charge in [-0.2, -0.15) is 0 Å². The smallest absolute Gasteiger partial charge is 0.335 e. The van der Waals surface area contributed by atoms with Crippen molar-refractivity contribution in [2.24, 2.45) is 0 Å². The van der Waals surface area contributed by atoms with Gasteiger partial charge in [0, 0.05) is 5.56 Å². The maximum atomic E-state index is 11.0. The van der Waals surface area contributed by atoms with Gasteiger partial charge in [0.15, 0.2) is 0 Å². The molecule has 0 unspecified atom stereocenters. The van der Waals surface area contributed by atoms with Gasteiger partial charge < -0.3 is 9.84 Å². The fourth-order valence-electron chi connectivity index (χ4n) is 2.07. The molecule has 0 aliphatic carbocycles. The van der Waals surface area contributed by atoms with Gasteiger partial charge in [0.25, 0.3) is 0 Å². The summed E-state index contributed by atoms with van der Waals surface area (Å²) in [5, 5.41) is 9.87. The van der Waals surface area contributed by atoms with E-state index in [1.54, 1.807) is 18.2 Å². The minimum atomic E-state index is -0.934. The maximum absolute atomic E-state index is 11.0. The molecule has 0 saturated heterocycles. The number of carbonyl (C=O) groups is 1. The van der Waals surface area contributed by atoms with Gasteiger partial charge in [-0.25, -0.2) is 9.78 Å². The zero-order valence-corrected chi connectivity index (χ0v) is 12.2. The number of rotatable bonds is 4. The molecule has 0 bridgehead atoms. The first-order chi connectivity index (χ1) is 10.2. The quantitative estimate of drug-likeness (QED) is 0.789. The molecule has 21 heavy (non-hydrogen) atoms. The second-order valence-electron chi connectivity index (χ2n) is 4.47. The van der Waals surface area contributed by atoms with Crippen LogP contribution in [0.15, 0.2) is 42.5 Å². The summed E-state index contributed by atoms with van der Waals surface area (Å²) in [6.07, 6.45) is 0. The highest BCUT2D eigenvalue weighted by Crippen LogP contribution is 2.32. The number of thiazole rings is 1. The van der Waals surface area contributed by atoms with Crippen LogP contribution in [-0.4, -0.2) is 22.7 Å². The number of benzene rings is 2. The Morgan fingerprint density at radius 3 is 2.90 bits per heavy atom. The lowest BCUT2D eigenvalue weighted by atomic mass is 10.1. The zero-order valence-electron chi connectivity index (χ0n) is 11.4. The zero-order chi connectivity index (χ0) is 14.8. The molecule has 4 nitrogen and oxygen atoms in total. The molecular weight excluding hydrogens is 286 g/mol. The Morgan fingerprint density at radius 1 is 1.29 bits per heavy atom. The molecule has 0 atom stereocenters. The number of carboxylic acid groups (broad SMARTS) is 1. The molecule has 0 spiro atoms. The normalized spacial score (nSPS) is 10.7. The summed E-state index contributed by atoms with van der Waals surface area (Å²) in [4.78, 5) is 15.6. The summed E-state index contributed by atoms with van der Waals surface area (Å²) >= 11 is 1.53. The average molecular weight is 299 g/mol. The molecular formula is C16H13NO3S. The lowest BCUT2D eigenvalue weighted by Gasteiger charge is -2.00. The molecule has 0 saturated carbocycles. The van der Waals surface area contributed by atoms with Crippen LogP contribution in [0.25, 0.3) is 20.8 Å². The average Bonchev–Trinajstić information content (AvgIpc) is 2.91. The van der Waals surface area contributed by atoms with E-state index in [1.807, 2.05) is 31.2 Å². The molecule has 0 fully saturated rings. The highest BCUT2D eigenvalue weighted by Gasteiger charge is 2.10. The van der Waals surface area contributed by atoms with Crippen LogP contribution in [0.5, 0.6) is 5.75 Å². The van der Waals surface area contributed by atoms with E-state index in [0.717, 1.165) is 26.5 Å². The lowest BCUT2D eigenvalue weighted by molar-refractivity contribution is 0.0697. The first-order valence-electron chi connectivity index (χ1n) is 6.54. The van der Waals surface area contributed by atoms with Crippen LogP contribution in [0, 0.1) is 0 Å². The van der Waals surface area contributed by atoms with E-state index in [1.165, 1.54) is 11.3 Å². The monoisotopic (exact) mass is 299 g/mol. The van der Waals surface area contributed by atoms with E-state index >= 15 is 0 Å². The SMILES string of the molecule is CCOc1ccc2nc(-c3cccc(C(=O)O)c3)sc2c1. The molecule has 0 aliphatic heterocycles. The molecule has 106 valence electrons. The van der Waals surface area contributed by atoms with E-state index in [9.17, 15) is 4.79 Å². The van der Waals surface area contributed by atoms with E-state index in [4.69, 9.17) is 9.84 Å². The second-order valence-corrected chi connectivity index (χ2v) is 5.50. The summed E-state index contributed by atoms with van der Waals surface area (Å²) in [7, 11) is 0. The minimum absolute atomic E-state index is 0.266. The van der Waals surface area contributed by atoms with Gasteiger partial charge in [-0.1, -0.05) is 12.1 Å². The largest absolute Gasteiger partial charge is 0.494 e. The van der Waals surface area contributed by atoms with Crippen molar-refractivity contribution < 1.29 is 14.6 Å². The van der Waals surface area contributed by atoms with Crippen LogP contribution in [-0.2, 0) is 0 Å². The Morgan fingerprint density at radius 2 is 2.14 bits per heavy atom. The number of hydrogen-bond donors (Lipinski definition) is 1. The molecule has 2 aromatic carbocycles. The van der Waals surface area contributed by atoms with E-state index in [0.29, 0.717) is 6.61 Å². The van der Waals surface area contributed by atoms with E-state index < -0.39 is 5.97 Å². The van der Waals surface area contributed by atoms with Crippen molar-refractivity contribution in [1.29, 1.82) is 0 Å². The van der Waals surface area contributed by atoms with E-state index in [2.05, 4.69) is 4.98 Å². The van der Waals surface area contributed by atoms with Crippen molar-refractivity contribution in [3.63, 3.8) is 0 Å². The van der Waals surface area contributed by atoms with E-state index in [-0.39, 0.29) is 5.56 Å². The predicted molar refractivity (Wildman–Crippen MR) is 83.2 cm³/mol. The third kappa shape index (κ3) is 2.73. The summed E-state index contributed by atoms with van der Waals surface area (Å²) < 4.78 is 6.51. The van der Waals surface area contributed by atoms with Crippen molar-refractivity contribution in [3.8, 4) is 16.3 Å². The van der Waals surface area contributed by atoms with Gasteiger partial charge in [-0.05, 0) is 37.3 Å². The molecule has 3 rings (SSSR count). The molecule has 0 aliphatic rings. The lowest BCUT2D eigenvalue weighted by Crippen LogP contribution is -1.95. The van der Waals surface area contributed by atoms with Crippen LogP contribution in [0.2, 0.25) is 0 Å². The summed E-state index contributed by atoms with van der Waals surface area (Å²) in [6, 6.07) is 12.6. The standard InChI is InChI=1S/C16H13NO3S/c1-2-20-12-6-7-13-14(9-12)21-15(17-13)10-4-3-5-11(8-10)16(18)19/h3-9H,2H2,1H3,(H,18,19). The number of fused-ring (bicyclic) bond motifs is 1. The Bertz CT molecular complexity index is 810. The van der Waals surface area contributed by atoms with Crippen LogP contribution in [0.4, 0.5) is 0 Å².